The topological polar surface area (TPSA) is 78.2 Å². The summed E-state index contributed by atoms with van der Waals surface area (Å²) >= 11 is 0. The van der Waals surface area contributed by atoms with Crippen LogP contribution in [0.25, 0.3) is 0 Å². The van der Waals surface area contributed by atoms with Crippen LogP contribution in [0.2, 0.25) is 0 Å². The maximum Gasteiger partial charge on any atom is 1.00 e. The number of rotatable bonds is 2. The number of carboxylic acids is 1. The van der Waals surface area contributed by atoms with Crippen molar-refractivity contribution in [3.05, 3.63) is 24.2 Å². The minimum Gasteiger partial charge on any atom is -0.550 e. The minimum atomic E-state index is -1.12. The molecule has 0 saturated carbocycles. The first-order chi connectivity index (χ1) is 5.79. The summed E-state index contributed by atoms with van der Waals surface area (Å²) < 4.78 is 4.72. The van der Waals surface area contributed by atoms with Crippen LogP contribution in [0.4, 0.5) is 0 Å². The van der Waals surface area contributed by atoms with Gasteiger partial charge in [-0.25, -0.2) is 0 Å². The van der Waals surface area contributed by atoms with Crippen molar-refractivity contribution in [3.63, 3.8) is 0 Å². The molecule has 64 valence electrons. The fraction of sp³-hybridized carbons (Fsp3) is 0.143. The molecule has 2 rings (SSSR count). The first kappa shape index (κ1) is 12.2. The van der Waals surface area contributed by atoms with E-state index in [-0.39, 0.29) is 36.0 Å². The van der Waals surface area contributed by atoms with Crippen LogP contribution in [0.5, 0.6) is 0 Å². The first-order valence-corrected chi connectivity index (χ1v) is 3.19. The van der Waals surface area contributed by atoms with Gasteiger partial charge >= 0.3 is 29.6 Å². The molecule has 0 spiro atoms. The van der Waals surface area contributed by atoms with Gasteiger partial charge in [-0.05, 0) is 17.3 Å². The van der Waals surface area contributed by atoms with Crippen molar-refractivity contribution in [2.75, 3.05) is 0 Å². The second-order valence-electron chi connectivity index (χ2n) is 1.94. The third kappa shape index (κ3) is 7.58. The molecular weight excluding hydrogens is 185 g/mol. The number of aliphatic carboxylic acids is 1. The van der Waals surface area contributed by atoms with Crippen LogP contribution in [-0.4, -0.2) is 12.4 Å². The predicted molar refractivity (Wildman–Crippen MR) is 37.0 cm³/mol. The van der Waals surface area contributed by atoms with Crippen LogP contribution >= 0.6 is 0 Å². The standard InChI is InChI=1S/C6H6O3.CHNO.Na/c7-6(8)4-5-2-1-3-9-5;1-2-3-1;/h1-3H,4H2,(H,7,8);1H;/q;;+1/p-1. The number of furan rings is 1. The van der Waals surface area contributed by atoms with E-state index in [0.717, 1.165) is 0 Å². The Labute approximate surface area is 96.7 Å². The van der Waals surface area contributed by atoms with Gasteiger partial charge in [0, 0.05) is 12.4 Å². The van der Waals surface area contributed by atoms with Crippen molar-refractivity contribution in [1.29, 1.82) is 0 Å². The molecule has 0 N–H and O–H groups in total. The molecule has 0 saturated heterocycles. The Balaban J connectivity index is 0.000000306. The SMILES string of the molecule is C1=NO1.O=C([O-])Cc1ccco1.[Na+]. The Morgan fingerprint density at radius 3 is 2.54 bits per heavy atom. The van der Waals surface area contributed by atoms with E-state index in [9.17, 15) is 9.90 Å². The largest absolute Gasteiger partial charge is 1.00 e. The summed E-state index contributed by atoms with van der Waals surface area (Å²) in [4.78, 5) is 13.9. The smallest absolute Gasteiger partial charge is 0.550 e. The van der Waals surface area contributed by atoms with E-state index < -0.39 is 5.97 Å². The van der Waals surface area contributed by atoms with Crippen LogP contribution in [0, 0.1) is 0 Å². The third-order valence-corrected chi connectivity index (χ3v) is 1.00. The minimum absolute atomic E-state index is 0. The maximum absolute atomic E-state index is 9.90. The second-order valence-corrected chi connectivity index (χ2v) is 1.94. The van der Waals surface area contributed by atoms with Crippen LogP contribution in [0.1, 0.15) is 5.76 Å². The van der Waals surface area contributed by atoms with E-state index >= 15 is 0 Å². The number of hydrogen-bond donors (Lipinski definition) is 0. The van der Waals surface area contributed by atoms with Crippen LogP contribution in [0.15, 0.2) is 28.0 Å². The fourth-order valence-electron chi connectivity index (χ4n) is 0.555. The molecule has 6 heteroatoms. The number of carbonyl (C=O) groups excluding carboxylic acids is 1. The Hall–Kier alpha value is -0.780. The zero-order valence-corrected chi connectivity index (χ0v) is 9.10. The van der Waals surface area contributed by atoms with Crippen molar-refractivity contribution < 1.29 is 48.7 Å². The fourth-order valence-corrected chi connectivity index (χ4v) is 0.555. The number of hydrogen-bond acceptors (Lipinski definition) is 5. The van der Waals surface area contributed by atoms with E-state index in [1.165, 1.54) is 12.7 Å². The molecule has 1 aromatic heterocycles. The van der Waals surface area contributed by atoms with Crippen LogP contribution in [0.3, 0.4) is 0 Å². The average molecular weight is 191 g/mol. The molecule has 5 nitrogen and oxygen atoms in total. The Bertz CT molecular complexity index is 266. The predicted octanol–water partition coefficient (Wildman–Crippen LogP) is -3.46. The maximum atomic E-state index is 9.90. The molecule has 0 aromatic carbocycles. The summed E-state index contributed by atoms with van der Waals surface area (Å²) in [7, 11) is 0. The zero-order valence-electron chi connectivity index (χ0n) is 7.10. The van der Waals surface area contributed by atoms with Crippen molar-refractivity contribution in [2.45, 2.75) is 6.42 Å². The number of carbonyl (C=O) groups is 1. The Morgan fingerprint density at radius 1 is 1.62 bits per heavy atom. The zero-order chi connectivity index (χ0) is 8.81. The summed E-state index contributed by atoms with van der Waals surface area (Å²) in [6, 6.07) is 3.23. The van der Waals surface area contributed by atoms with Crippen LogP contribution < -0.4 is 34.7 Å². The van der Waals surface area contributed by atoms with Gasteiger partial charge in [0.05, 0.1) is 6.26 Å². The summed E-state index contributed by atoms with van der Waals surface area (Å²) in [5, 5.41) is 13.0. The summed E-state index contributed by atoms with van der Waals surface area (Å²) in [6.45, 7) is 0. The molecule has 0 atom stereocenters. The summed E-state index contributed by atoms with van der Waals surface area (Å²) in [6.07, 6.45) is 2.66. The van der Waals surface area contributed by atoms with Gasteiger partial charge in [0.2, 0.25) is 6.40 Å². The van der Waals surface area contributed by atoms with Gasteiger partial charge < -0.3 is 19.2 Å². The van der Waals surface area contributed by atoms with Gasteiger partial charge in [-0.1, -0.05) is 0 Å². The number of carboxylic acid groups (broad SMARTS) is 1. The number of oxime groups is 1. The quantitative estimate of drug-likeness (QED) is 0.455. The molecule has 0 fully saturated rings. The molecular formula is C7H6NNaO4. The molecule has 0 radical (unpaired) electrons. The molecule has 13 heavy (non-hydrogen) atoms. The summed E-state index contributed by atoms with van der Waals surface area (Å²) in [5.74, 6) is -0.694. The van der Waals surface area contributed by atoms with E-state index in [4.69, 9.17) is 4.42 Å². The van der Waals surface area contributed by atoms with Crippen molar-refractivity contribution in [3.8, 4) is 0 Å². The molecule has 0 aliphatic carbocycles. The third-order valence-electron chi connectivity index (χ3n) is 1.00. The van der Waals surface area contributed by atoms with Gasteiger partial charge in [-0.3, -0.25) is 0 Å². The van der Waals surface area contributed by atoms with E-state index in [1.54, 1.807) is 12.1 Å². The van der Waals surface area contributed by atoms with Gasteiger partial charge in [-0.2, -0.15) is 0 Å². The molecule has 0 bridgehead atoms. The van der Waals surface area contributed by atoms with E-state index in [1.807, 2.05) is 0 Å². The number of nitrogens with zero attached hydrogens (tertiary/aromatic N) is 1. The van der Waals surface area contributed by atoms with Gasteiger partial charge in [-0.15, -0.1) is 0 Å². The first-order valence-electron chi connectivity index (χ1n) is 3.19. The molecule has 0 unspecified atom stereocenters. The normalized spacial score (nSPS) is 10.2. The van der Waals surface area contributed by atoms with Gasteiger partial charge in [0.15, 0.2) is 0 Å². The van der Waals surface area contributed by atoms with Gasteiger partial charge in [0.25, 0.3) is 0 Å². The van der Waals surface area contributed by atoms with Crippen molar-refractivity contribution >= 4 is 12.4 Å². The van der Waals surface area contributed by atoms with Crippen molar-refractivity contribution in [2.24, 2.45) is 5.16 Å². The second kappa shape index (κ2) is 6.71. The van der Waals surface area contributed by atoms with Gasteiger partial charge in [0.1, 0.15) is 5.76 Å². The molecule has 1 aliphatic heterocycles. The molecule has 2 heterocycles. The molecule has 0 amide bonds. The monoisotopic (exact) mass is 191 g/mol. The summed E-state index contributed by atoms with van der Waals surface area (Å²) in [5.41, 5.74) is 0. The van der Waals surface area contributed by atoms with Crippen molar-refractivity contribution in [1.82, 2.24) is 0 Å². The Kier molecular flexibility index (Phi) is 6.30. The van der Waals surface area contributed by atoms with E-state index in [0.29, 0.717) is 5.76 Å². The average Bonchev–Trinajstić information content (AvgIpc) is 2.80. The Morgan fingerprint density at radius 2 is 2.23 bits per heavy atom. The van der Waals surface area contributed by atoms with Crippen LogP contribution in [-0.2, 0) is 16.1 Å². The molecule has 1 aliphatic rings. The van der Waals surface area contributed by atoms with E-state index in [2.05, 4.69) is 9.99 Å². The molecule has 1 aromatic rings.